The van der Waals surface area contributed by atoms with Crippen molar-refractivity contribution in [2.24, 2.45) is 5.92 Å². The highest BCUT2D eigenvalue weighted by atomic mass is 35.5. The molecule has 0 saturated carbocycles. The molecule has 0 radical (unpaired) electrons. The van der Waals surface area contributed by atoms with Gasteiger partial charge >= 0.3 is 6.03 Å². The van der Waals surface area contributed by atoms with Crippen LogP contribution in [0.3, 0.4) is 0 Å². The Morgan fingerprint density at radius 2 is 1.73 bits per heavy atom. The Kier molecular flexibility index (Phi) is 6.32. The van der Waals surface area contributed by atoms with E-state index in [2.05, 4.69) is 10.6 Å². The van der Waals surface area contributed by atoms with E-state index in [1.165, 1.54) is 0 Å². The highest BCUT2D eigenvalue weighted by molar-refractivity contribution is 5.85. The molecule has 3 aliphatic heterocycles. The van der Waals surface area contributed by atoms with Gasteiger partial charge in [0.05, 0.1) is 5.92 Å². The number of piperidine rings is 1. The third-order valence-corrected chi connectivity index (χ3v) is 4.85. The summed E-state index contributed by atoms with van der Waals surface area (Å²) in [4.78, 5) is 28.6. The normalized spacial score (nSPS) is 28.4. The van der Waals surface area contributed by atoms with E-state index in [1.807, 2.05) is 9.80 Å². The molecule has 3 fully saturated rings. The number of nitrogens with zero attached hydrogens (tertiary/aromatic N) is 2. The van der Waals surface area contributed by atoms with E-state index in [-0.39, 0.29) is 36.3 Å². The largest absolute Gasteiger partial charge is 0.352 e. The van der Waals surface area contributed by atoms with Crippen molar-refractivity contribution >= 4 is 24.3 Å². The quantitative estimate of drug-likeness (QED) is 0.787. The van der Waals surface area contributed by atoms with Gasteiger partial charge in [-0.05, 0) is 38.6 Å². The van der Waals surface area contributed by atoms with Crippen molar-refractivity contribution in [3.8, 4) is 0 Å². The smallest absolute Gasteiger partial charge is 0.320 e. The number of rotatable bonds is 2. The zero-order chi connectivity index (χ0) is 14.7. The number of urea groups is 1. The summed E-state index contributed by atoms with van der Waals surface area (Å²) in [5, 5.41) is 6.38. The second-order valence-electron chi connectivity index (χ2n) is 6.46. The molecule has 3 heterocycles. The third kappa shape index (κ3) is 4.04. The van der Waals surface area contributed by atoms with Gasteiger partial charge in [-0.15, -0.1) is 12.4 Å². The van der Waals surface area contributed by atoms with Crippen LogP contribution in [0.25, 0.3) is 0 Å². The van der Waals surface area contributed by atoms with Crippen molar-refractivity contribution in [3.05, 3.63) is 0 Å². The van der Waals surface area contributed by atoms with Crippen LogP contribution in [0.1, 0.15) is 32.1 Å². The Bertz CT molecular complexity index is 395. The Hall–Kier alpha value is -1.01. The Balaban J connectivity index is 0.00000176. The lowest BCUT2D eigenvalue weighted by Crippen LogP contribution is -2.50. The molecule has 0 aromatic rings. The predicted octanol–water partition coefficient (Wildman–Crippen LogP) is 0.814. The molecule has 2 unspecified atom stereocenters. The topological polar surface area (TPSA) is 64.7 Å². The van der Waals surface area contributed by atoms with Crippen molar-refractivity contribution < 1.29 is 9.59 Å². The van der Waals surface area contributed by atoms with Gasteiger partial charge < -0.3 is 20.4 Å². The van der Waals surface area contributed by atoms with Crippen LogP contribution in [0.4, 0.5) is 4.79 Å². The van der Waals surface area contributed by atoms with Crippen LogP contribution in [0.15, 0.2) is 0 Å². The van der Waals surface area contributed by atoms with E-state index < -0.39 is 0 Å². The number of halogens is 1. The Labute approximate surface area is 138 Å². The minimum atomic E-state index is -0.0362. The van der Waals surface area contributed by atoms with Crippen molar-refractivity contribution in [2.45, 2.75) is 38.1 Å². The summed E-state index contributed by atoms with van der Waals surface area (Å²) in [6.45, 7) is 4.98. The predicted molar refractivity (Wildman–Crippen MR) is 87.2 cm³/mol. The number of carbonyl (C=O) groups is 2. The highest BCUT2D eigenvalue weighted by Crippen LogP contribution is 2.20. The van der Waals surface area contributed by atoms with Crippen molar-refractivity contribution in [3.63, 3.8) is 0 Å². The number of likely N-dealkylation sites (tertiary alicyclic amines) is 2. The first-order chi connectivity index (χ1) is 10.2. The maximum Gasteiger partial charge on any atom is 0.320 e. The molecule has 126 valence electrons. The highest BCUT2D eigenvalue weighted by Gasteiger charge is 2.32. The van der Waals surface area contributed by atoms with Gasteiger partial charge in [0, 0.05) is 38.8 Å². The fourth-order valence-corrected chi connectivity index (χ4v) is 3.57. The Morgan fingerprint density at radius 3 is 2.41 bits per heavy atom. The molecule has 0 aromatic carbocycles. The maximum atomic E-state index is 12.4. The van der Waals surface area contributed by atoms with Crippen molar-refractivity contribution in [1.82, 2.24) is 20.4 Å². The summed E-state index contributed by atoms with van der Waals surface area (Å²) in [5.41, 5.74) is 0. The lowest BCUT2D eigenvalue weighted by atomic mass is 9.97. The maximum absolute atomic E-state index is 12.4. The Morgan fingerprint density at radius 1 is 1.00 bits per heavy atom. The second kappa shape index (κ2) is 8.02. The lowest BCUT2D eigenvalue weighted by Gasteiger charge is -2.35. The summed E-state index contributed by atoms with van der Waals surface area (Å²) in [7, 11) is 0. The molecule has 2 N–H and O–H groups in total. The van der Waals surface area contributed by atoms with Crippen LogP contribution in [-0.4, -0.2) is 67.0 Å². The van der Waals surface area contributed by atoms with E-state index in [0.29, 0.717) is 6.54 Å². The van der Waals surface area contributed by atoms with Gasteiger partial charge in [-0.25, -0.2) is 4.79 Å². The second-order valence-corrected chi connectivity index (χ2v) is 6.46. The number of carbonyl (C=O) groups excluding carboxylic acids is 2. The van der Waals surface area contributed by atoms with E-state index in [9.17, 15) is 9.59 Å². The fraction of sp³-hybridized carbons (Fsp3) is 0.867. The third-order valence-electron chi connectivity index (χ3n) is 4.85. The molecule has 0 aliphatic carbocycles. The van der Waals surface area contributed by atoms with Crippen LogP contribution < -0.4 is 10.6 Å². The van der Waals surface area contributed by atoms with Gasteiger partial charge in [-0.2, -0.15) is 0 Å². The number of nitrogens with one attached hydrogen (secondary N) is 2. The first kappa shape index (κ1) is 17.3. The van der Waals surface area contributed by atoms with Gasteiger partial charge in [0.1, 0.15) is 0 Å². The zero-order valence-electron chi connectivity index (χ0n) is 13.1. The van der Waals surface area contributed by atoms with Gasteiger partial charge in [-0.3, -0.25) is 4.79 Å². The first-order valence-corrected chi connectivity index (χ1v) is 8.29. The van der Waals surface area contributed by atoms with Crippen LogP contribution >= 0.6 is 12.4 Å². The standard InChI is InChI=1S/C15H26N4O2.ClH/c20-14(17-13-5-6-16-10-13)12-4-3-9-19(11-12)15(21)18-7-1-2-8-18;/h12-13,16H,1-11H2,(H,17,20);1H. The monoisotopic (exact) mass is 330 g/mol. The molecule has 22 heavy (non-hydrogen) atoms. The molecular formula is C15H27ClN4O2. The van der Waals surface area contributed by atoms with Crippen LogP contribution in [0, 0.1) is 5.92 Å². The van der Waals surface area contributed by atoms with Gasteiger partial charge in [0.25, 0.3) is 0 Å². The molecule has 6 nitrogen and oxygen atoms in total. The first-order valence-electron chi connectivity index (χ1n) is 8.29. The molecule has 0 aromatic heterocycles. The van der Waals surface area contributed by atoms with Gasteiger partial charge in [0.2, 0.25) is 5.91 Å². The summed E-state index contributed by atoms with van der Waals surface area (Å²) in [5.74, 6) is 0.0912. The van der Waals surface area contributed by atoms with Crippen molar-refractivity contribution in [2.75, 3.05) is 39.3 Å². The number of hydrogen-bond acceptors (Lipinski definition) is 3. The van der Waals surface area contributed by atoms with E-state index in [4.69, 9.17) is 0 Å². The number of hydrogen-bond donors (Lipinski definition) is 2. The zero-order valence-corrected chi connectivity index (χ0v) is 13.9. The summed E-state index contributed by atoms with van der Waals surface area (Å²) in [6, 6.07) is 0.398. The summed E-state index contributed by atoms with van der Waals surface area (Å²) < 4.78 is 0. The van der Waals surface area contributed by atoms with Gasteiger partial charge in [0.15, 0.2) is 0 Å². The average Bonchev–Trinajstić information content (AvgIpc) is 3.20. The molecule has 3 aliphatic rings. The molecule has 2 atom stereocenters. The molecule has 3 rings (SSSR count). The number of amides is 3. The fourth-order valence-electron chi connectivity index (χ4n) is 3.57. The van der Waals surface area contributed by atoms with Gasteiger partial charge in [-0.1, -0.05) is 0 Å². The molecule has 0 bridgehead atoms. The molecular weight excluding hydrogens is 304 g/mol. The summed E-state index contributed by atoms with van der Waals surface area (Å²) >= 11 is 0. The average molecular weight is 331 g/mol. The van der Waals surface area contributed by atoms with E-state index in [0.717, 1.165) is 64.8 Å². The van der Waals surface area contributed by atoms with E-state index in [1.54, 1.807) is 0 Å². The minimum Gasteiger partial charge on any atom is -0.352 e. The molecule has 7 heteroatoms. The SMILES string of the molecule is Cl.O=C(NC1CCNC1)C1CCCN(C(=O)N2CCCC2)C1. The lowest BCUT2D eigenvalue weighted by molar-refractivity contribution is -0.126. The molecule has 3 amide bonds. The van der Waals surface area contributed by atoms with Crippen LogP contribution in [-0.2, 0) is 4.79 Å². The molecule has 3 saturated heterocycles. The van der Waals surface area contributed by atoms with Crippen LogP contribution in [0.5, 0.6) is 0 Å². The van der Waals surface area contributed by atoms with Crippen LogP contribution in [0.2, 0.25) is 0 Å². The minimum absolute atomic E-state index is 0. The van der Waals surface area contributed by atoms with E-state index >= 15 is 0 Å². The molecule has 0 spiro atoms. The van der Waals surface area contributed by atoms with Crippen molar-refractivity contribution in [1.29, 1.82) is 0 Å². The summed E-state index contributed by atoms with van der Waals surface area (Å²) in [6.07, 6.45) is 5.06.